The third-order valence-corrected chi connectivity index (χ3v) is 9.35. The van der Waals surface area contributed by atoms with E-state index in [2.05, 4.69) is 124 Å². The molecule has 0 aliphatic rings. The normalized spacial score (nSPS) is 12.2. The second kappa shape index (κ2) is 6.28. The van der Waals surface area contributed by atoms with Gasteiger partial charge in [0.1, 0.15) is 0 Å². The van der Waals surface area contributed by atoms with Crippen LogP contribution in [-0.2, 0) is 0 Å². The van der Waals surface area contributed by atoms with Crippen LogP contribution in [0.4, 0.5) is 0 Å². The summed E-state index contributed by atoms with van der Waals surface area (Å²) in [4.78, 5) is 0. The number of fused-ring (bicyclic) bond motifs is 6. The standard InChI is InChI=1S/C30H19N2P/c1-2-8-20(9-3-1)21-14-16-22(17-15-21)33-31-27-12-6-4-10-23(27)25-18-19-26-24-11-5-7-13-28(24)32(33)30(26)29(25)31/h1-19H. The lowest BCUT2D eigenvalue weighted by molar-refractivity contribution is 1.43. The van der Waals surface area contributed by atoms with E-state index in [1.165, 1.54) is 60.0 Å². The largest absolute Gasteiger partial charge is 0.280 e. The maximum absolute atomic E-state index is 2.62. The van der Waals surface area contributed by atoms with Gasteiger partial charge in [-0.25, -0.2) is 0 Å². The molecule has 3 aromatic heterocycles. The number of hydrogen-bond donors (Lipinski definition) is 0. The zero-order valence-corrected chi connectivity index (χ0v) is 18.7. The average molecular weight is 438 g/mol. The van der Waals surface area contributed by atoms with Crippen LogP contribution in [-0.4, -0.2) is 8.33 Å². The first-order chi connectivity index (χ1) is 16.4. The molecule has 0 spiro atoms. The van der Waals surface area contributed by atoms with Crippen molar-refractivity contribution < 1.29 is 0 Å². The highest BCUT2D eigenvalue weighted by Crippen LogP contribution is 2.52. The topological polar surface area (TPSA) is 8.82 Å². The summed E-state index contributed by atoms with van der Waals surface area (Å²) in [6.45, 7) is 0. The van der Waals surface area contributed by atoms with E-state index in [0.717, 1.165) is 0 Å². The van der Waals surface area contributed by atoms with Crippen LogP contribution >= 0.6 is 7.85 Å². The van der Waals surface area contributed by atoms with E-state index in [1.54, 1.807) is 0 Å². The molecule has 0 unspecified atom stereocenters. The minimum Gasteiger partial charge on any atom is -0.280 e. The minimum atomic E-state index is -0.778. The summed E-state index contributed by atoms with van der Waals surface area (Å²) >= 11 is 0. The van der Waals surface area contributed by atoms with Crippen molar-refractivity contribution in [3.05, 3.63) is 115 Å². The van der Waals surface area contributed by atoms with Gasteiger partial charge in [0, 0.05) is 26.8 Å². The van der Waals surface area contributed by atoms with E-state index >= 15 is 0 Å². The van der Waals surface area contributed by atoms with Gasteiger partial charge in [0.15, 0.2) is 0 Å². The van der Waals surface area contributed by atoms with Gasteiger partial charge in [0.05, 0.1) is 29.9 Å². The molecule has 5 aromatic carbocycles. The summed E-state index contributed by atoms with van der Waals surface area (Å²) in [5, 5.41) is 6.77. The lowest BCUT2D eigenvalue weighted by atomic mass is 10.1. The van der Waals surface area contributed by atoms with Gasteiger partial charge in [-0.05, 0) is 35.4 Å². The molecule has 154 valence electrons. The zero-order chi connectivity index (χ0) is 21.5. The predicted octanol–water partition coefficient (Wildman–Crippen LogP) is 8.73. The quantitative estimate of drug-likeness (QED) is 0.255. The second-order valence-electron chi connectivity index (χ2n) is 8.72. The van der Waals surface area contributed by atoms with Crippen molar-refractivity contribution in [2.75, 3.05) is 0 Å². The lowest BCUT2D eigenvalue weighted by Crippen LogP contribution is -1.83. The maximum atomic E-state index is 2.62. The van der Waals surface area contributed by atoms with Gasteiger partial charge in [-0.15, -0.1) is 0 Å². The Bertz CT molecular complexity index is 1850. The zero-order valence-electron chi connectivity index (χ0n) is 17.8. The molecule has 0 bridgehead atoms. The molecule has 0 atom stereocenters. The minimum absolute atomic E-state index is 0.778. The summed E-state index contributed by atoms with van der Waals surface area (Å²) in [7, 11) is -0.778. The fourth-order valence-electron chi connectivity index (χ4n) is 5.59. The number of rotatable bonds is 2. The summed E-state index contributed by atoms with van der Waals surface area (Å²) < 4.78 is 5.23. The Morgan fingerprint density at radius 2 is 0.879 bits per heavy atom. The van der Waals surface area contributed by atoms with Gasteiger partial charge in [0.25, 0.3) is 0 Å². The van der Waals surface area contributed by atoms with Crippen molar-refractivity contribution in [1.82, 2.24) is 8.33 Å². The SMILES string of the molecule is c1ccc(-c2ccc(-p3n4c5ccccc5c5ccc6c7ccccc7n3c6c54)cc2)cc1. The Morgan fingerprint density at radius 1 is 0.394 bits per heavy atom. The van der Waals surface area contributed by atoms with Crippen LogP contribution in [0.5, 0.6) is 0 Å². The first kappa shape index (κ1) is 17.5. The first-order valence-electron chi connectivity index (χ1n) is 11.3. The molecule has 0 aliphatic heterocycles. The van der Waals surface area contributed by atoms with Crippen molar-refractivity contribution in [2.24, 2.45) is 0 Å². The molecule has 3 heteroatoms. The van der Waals surface area contributed by atoms with Crippen molar-refractivity contribution in [1.29, 1.82) is 0 Å². The molecule has 0 fully saturated rings. The Hall–Kier alpha value is -4.00. The van der Waals surface area contributed by atoms with Gasteiger partial charge < -0.3 is 0 Å². The van der Waals surface area contributed by atoms with E-state index in [-0.39, 0.29) is 0 Å². The fourth-order valence-corrected chi connectivity index (χ4v) is 8.19. The van der Waals surface area contributed by atoms with Crippen LogP contribution in [0.2, 0.25) is 0 Å². The Labute approximate surface area is 191 Å². The second-order valence-corrected chi connectivity index (χ2v) is 10.6. The molecule has 0 aliphatic carbocycles. The van der Waals surface area contributed by atoms with Crippen molar-refractivity contribution in [3.8, 4) is 16.4 Å². The molecule has 0 amide bonds. The van der Waals surface area contributed by atoms with Crippen LogP contribution < -0.4 is 0 Å². The lowest BCUT2D eigenvalue weighted by Gasteiger charge is -2.08. The van der Waals surface area contributed by atoms with Crippen LogP contribution in [0.25, 0.3) is 60.0 Å². The number of hydrogen-bond acceptors (Lipinski definition) is 0. The molecule has 0 radical (unpaired) electrons. The fraction of sp³-hybridized carbons (Fsp3) is 0. The molecule has 0 saturated carbocycles. The van der Waals surface area contributed by atoms with Gasteiger partial charge in [0.2, 0.25) is 0 Å². The van der Waals surface area contributed by atoms with Gasteiger partial charge in [-0.1, -0.05) is 91.0 Å². The molecule has 3 heterocycles. The average Bonchev–Trinajstić information content (AvgIpc) is 3.52. The van der Waals surface area contributed by atoms with E-state index < -0.39 is 7.85 Å². The van der Waals surface area contributed by atoms with Gasteiger partial charge >= 0.3 is 0 Å². The van der Waals surface area contributed by atoms with E-state index in [4.69, 9.17) is 0 Å². The Balaban J connectivity index is 1.55. The summed E-state index contributed by atoms with van der Waals surface area (Å²) in [5.41, 5.74) is 7.92. The molecule has 0 N–H and O–H groups in total. The Kier molecular flexibility index (Phi) is 3.34. The van der Waals surface area contributed by atoms with Crippen LogP contribution in [0.15, 0.2) is 115 Å². The highest BCUT2D eigenvalue weighted by Gasteiger charge is 2.24. The number of nitrogens with zero attached hydrogens (tertiary/aromatic N) is 2. The maximum Gasteiger partial charge on any atom is 0.0836 e. The summed E-state index contributed by atoms with van der Waals surface area (Å²) in [5.74, 6) is 0. The predicted molar refractivity (Wildman–Crippen MR) is 142 cm³/mol. The van der Waals surface area contributed by atoms with Gasteiger partial charge in [-0.2, -0.15) is 0 Å². The summed E-state index contributed by atoms with van der Waals surface area (Å²) in [6, 6.07) is 42.3. The Morgan fingerprint density at radius 3 is 1.45 bits per heavy atom. The van der Waals surface area contributed by atoms with Crippen molar-refractivity contribution >= 4 is 51.5 Å². The molecule has 8 rings (SSSR count). The van der Waals surface area contributed by atoms with E-state index in [1.807, 2.05) is 0 Å². The number of para-hydroxylation sites is 2. The van der Waals surface area contributed by atoms with E-state index in [9.17, 15) is 0 Å². The molecule has 2 nitrogen and oxygen atoms in total. The molecule has 0 saturated heterocycles. The third kappa shape index (κ3) is 2.19. The number of benzene rings is 5. The molecular weight excluding hydrogens is 419 g/mol. The molecular formula is C30H19N2P. The van der Waals surface area contributed by atoms with E-state index in [0.29, 0.717) is 0 Å². The van der Waals surface area contributed by atoms with Crippen molar-refractivity contribution in [3.63, 3.8) is 0 Å². The van der Waals surface area contributed by atoms with Gasteiger partial charge in [-0.3, -0.25) is 8.33 Å². The smallest absolute Gasteiger partial charge is 0.0836 e. The highest BCUT2D eigenvalue weighted by molar-refractivity contribution is 7.51. The molecule has 8 aromatic rings. The highest BCUT2D eigenvalue weighted by atomic mass is 31.1. The monoisotopic (exact) mass is 438 g/mol. The van der Waals surface area contributed by atoms with Crippen LogP contribution in [0.1, 0.15) is 0 Å². The van der Waals surface area contributed by atoms with Crippen LogP contribution in [0.3, 0.4) is 0 Å². The number of aromatic nitrogens is 2. The van der Waals surface area contributed by atoms with Crippen LogP contribution in [0, 0.1) is 0 Å². The third-order valence-electron chi connectivity index (χ3n) is 7.00. The first-order valence-corrected chi connectivity index (χ1v) is 12.6. The molecule has 33 heavy (non-hydrogen) atoms. The van der Waals surface area contributed by atoms with Crippen molar-refractivity contribution in [2.45, 2.75) is 0 Å². The summed E-state index contributed by atoms with van der Waals surface area (Å²) in [6.07, 6.45) is 0.